The lowest BCUT2D eigenvalue weighted by Crippen LogP contribution is -2.32. The van der Waals surface area contributed by atoms with E-state index >= 15 is 0 Å². The fourth-order valence-corrected chi connectivity index (χ4v) is 2.90. The van der Waals surface area contributed by atoms with Crippen LogP contribution in [0.3, 0.4) is 0 Å². The van der Waals surface area contributed by atoms with Crippen LogP contribution in [0.4, 0.5) is 8.78 Å². The molecule has 29 heavy (non-hydrogen) atoms. The van der Waals surface area contributed by atoms with Gasteiger partial charge in [0.15, 0.2) is 17.3 Å². The van der Waals surface area contributed by atoms with Crippen LogP contribution < -0.4 is 14.8 Å². The first-order valence-corrected chi connectivity index (χ1v) is 8.92. The molecule has 0 bridgehead atoms. The van der Waals surface area contributed by atoms with Crippen LogP contribution in [0.15, 0.2) is 53.1 Å². The van der Waals surface area contributed by atoms with Crippen molar-refractivity contribution in [3.63, 3.8) is 0 Å². The molecule has 0 spiro atoms. The molecule has 0 radical (unpaired) electrons. The van der Waals surface area contributed by atoms with Gasteiger partial charge >= 0.3 is 6.29 Å². The summed E-state index contributed by atoms with van der Waals surface area (Å²) < 4.78 is 40.5. The summed E-state index contributed by atoms with van der Waals surface area (Å²) >= 11 is 0. The standard InChI is InChI=1S/C20H17F2N3O4/c1-11(2)16(23-18(26)12-6-4-3-5-7-12)17-24-19(29-25-17)13-8-9-14-15(10-13)28-20(21,22)27-14/h3-11,16H,1-2H3,(H,23,26). The second kappa shape index (κ2) is 7.16. The van der Waals surface area contributed by atoms with Gasteiger partial charge < -0.3 is 19.3 Å². The molecule has 1 atom stereocenters. The minimum atomic E-state index is -3.70. The van der Waals surface area contributed by atoms with Crippen molar-refractivity contribution in [2.45, 2.75) is 26.2 Å². The number of halogens is 2. The van der Waals surface area contributed by atoms with E-state index in [1.54, 1.807) is 24.3 Å². The summed E-state index contributed by atoms with van der Waals surface area (Å²) in [6.07, 6.45) is -3.70. The lowest BCUT2D eigenvalue weighted by atomic mass is 10.0. The number of nitrogens with one attached hydrogen (secondary N) is 1. The Labute approximate surface area is 164 Å². The van der Waals surface area contributed by atoms with E-state index in [0.29, 0.717) is 11.1 Å². The van der Waals surface area contributed by atoms with Gasteiger partial charge in [-0.05, 0) is 36.2 Å². The van der Waals surface area contributed by atoms with Crippen LogP contribution in [0, 0.1) is 5.92 Å². The van der Waals surface area contributed by atoms with Crippen LogP contribution in [-0.4, -0.2) is 22.3 Å². The minimum Gasteiger partial charge on any atom is -0.395 e. The summed E-state index contributed by atoms with van der Waals surface area (Å²) in [6.45, 7) is 3.82. The van der Waals surface area contributed by atoms with Crippen LogP contribution >= 0.6 is 0 Å². The fourth-order valence-electron chi connectivity index (χ4n) is 2.90. The molecule has 0 saturated carbocycles. The third-order valence-electron chi connectivity index (χ3n) is 4.36. The van der Waals surface area contributed by atoms with Crippen molar-refractivity contribution in [2.75, 3.05) is 0 Å². The Morgan fingerprint density at radius 2 is 1.79 bits per heavy atom. The quantitative estimate of drug-likeness (QED) is 0.690. The molecule has 0 aliphatic carbocycles. The zero-order valence-corrected chi connectivity index (χ0v) is 15.6. The van der Waals surface area contributed by atoms with E-state index < -0.39 is 12.3 Å². The summed E-state index contributed by atoms with van der Waals surface area (Å²) in [5.74, 6) is -0.0910. The summed E-state index contributed by atoms with van der Waals surface area (Å²) in [7, 11) is 0. The highest BCUT2D eigenvalue weighted by Crippen LogP contribution is 2.42. The lowest BCUT2D eigenvalue weighted by molar-refractivity contribution is -0.286. The van der Waals surface area contributed by atoms with Crippen LogP contribution in [0.1, 0.15) is 36.1 Å². The Balaban J connectivity index is 1.56. The Bertz CT molecular complexity index is 1040. The van der Waals surface area contributed by atoms with Crippen molar-refractivity contribution >= 4 is 5.91 Å². The summed E-state index contributed by atoms with van der Waals surface area (Å²) in [4.78, 5) is 16.8. The first-order valence-electron chi connectivity index (χ1n) is 8.92. The highest BCUT2D eigenvalue weighted by atomic mass is 19.3. The third-order valence-corrected chi connectivity index (χ3v) is 4.36. The lowest BCUT2D eigenvalue weighted by Gasteiger charge is -2.18. The van der Waals surface area contributed by atoms with Crippen LogP contribution in [0.5, 0.6) is 11.5 Å². The Morgan fingerprint density at radius 1 is 1.07 bits per heavy atom. The van der Waals surface area contributed by atoms with E-state index in [1.807, 2.05) is 19.9 Å². The maximum Gasteiger partial charge on any atom is 0.586 e. The molecule has 3 aromatic rings. The van der Waals surface area contributed by atoms with E-state index in [4.69, 9.17) is 4.52 Å². The zero-order chi connectivity index (χ0) is 20.6. The SMILES string of the molecule is CC(C)C(NC(=O)c1ccccc1)c1noc(-c2ccc3c(c2)OC(F)(F)O3)n1. The molecule has 1 aliphatic rings. The van der Waals surface area contributed by atoms with E-state index in [1.165, 1.54) is 18.2 Å². The Kier molecular flexibility index (Phi) is 4.65. The second-order valence-electron chi connectivity index (χ2n) is 6.85. The van der Waals surface area contributed by atoms with Gasteiger partial charge in [0.05, 0.1) is 6.04 Å². The number of hydrogen-bond acceptors (Lipinski definition) is 6. The molecule has 0 fully saturated rings. The maximum atomic E-state index is 13.2. The molecular weight excluding hydrogens is 384 g/mol. The number of rotatable bonds is 5. The monoisotopic (exact) mass is 401 g/mol. The summed E-state index contributed by atoms with van der Waals surface area (Å²) in [5, 5.41) is 6.86. The number of amides is 1. The van der Waals surface area contributed by atoms with E-state index in [9.17, 15) is 13.6 Å². The zero-order valence-electron chi connectivity index (χ0n) is 15.6. The number of aromatic nitrogens is 2. The fraction of sp³-hybridized carbons (Fsp3) is 0.250. The van der Waals surface area contributed by atoms with Crippen molar-refractivity contribution < 1.29 is 27.6 Å². The largest absolute Gasteiger partial charge is 0.586 e. The topological polar surface area (TPSA) is 86.5 Å². The van der Waals surface area contributed by atoms with E-state index in [0.717, 1.165) is 0 Å². The maximum absolute atomic E-state index is 13.2. The molecule has 1 unspecified atom stereocenters. The molecule has 0 saturated heterocycles. The predicted molar refractivity (Wildman–Crippen MR) is 97.4 cm³/mol. The van der Waals surface area contributed by atoms with Crippen LogP contribution in [0.25, 0.3) is 11.5 Å². The van der Waals surface area contributed by atoms with Gasteiger partial charge in [-0.3, -0.25) is 4.79 Å². The van der Waals surface area contributed by atoms with Crippen molar-refractivity contribution in [2.24, 2.45) is 5.92 Å². The number of alkyl halides is 2. The molecule has 2 aromatic carbocycles. The summed E-state index contributed by atoms with van der Waals surface area (Å²) in [6, 6.07) is 12.5. The number of carbonyl (C=O) groups is 1. The van der Waals surface area contributed by atoms with Crippen LogP contribution in [0.2, 0.25) is 0 Å². The number of nitrogens with zero attached hydrogens (tertiary/aromatic N) is 2. The van der Waals surface area contributed by atoms with Gasteiger partial charge in [-0.2, -0.15) is 4.98 Å². The first kappa shape index (κ1) is 18.9. The smallest absolute Gasteiger partial charge is 0.395 e. The highest BCUT2D eigenvalue weighted by Gasteiger charge is 2.43. The highest BCUT2D eigenvalue weighted by molar-refractivity contribution is 5.94. The number of carbonyl (C=O) groups excluding carboxylic acids is 1. The number of ether oxygens (including phenoxy) is 2. The van der Waals surface area contributed by atoms with Gasteiger partial charge in [0, 0.05) is 11.1 Å². The number of hydrogen-bond donors (Lipinski definition) is 1. The third kappa shape index (κ3) is 3.89. The molecule has 1 N–H and O–H groups in total. The molecule has 7 nitrogen and oxygen atoms in total. The first-order chi connectivity index (χ1) is 13.8. The van der Waals surface area contributed by atoms with Crippen molar-refractivity contribution in [1.82, 2.24) is 15.5 Å². The predicted octanol–water partition coefficient (Wildman–Crippen LogP) is 4.19. The molecule has 1 aliphatic heterocycles. The number of benzene rings is 2. The molecular formula is C20H17F2N3O4. The average Bonchev–Trinajstić information content (AvgIpc) is 3.28. The molecule has 4 rings (SSSR count). The van der Waals surface area contributed by atoms with Gasteiger partial charge in [0.2, 0.25) is 0 Å². The molecule has 150 valence electrons. The molecule has 9 heteroatoms. The normalized spacial score (nSPS) is 15.3. The van der Waals surface area contributed by atoms with E-state index in [-0.39, 0.29) is 35.0 Å². The Morgan fingerprint density at radius 3 is 2.52 bits per heavy atom. The second-order valence-corrected chi connectivity index (χ2v) is 6.85. The van der Waals surface area contributed by atoms with Gasteiger partial charge in [0.25, 0.3) is 11.8 Å². The number of fused-ring (bicyclic) bond motifs is 1. The van der Waals surface area contributed by atoms with E-state index in [2.05, 4.69) is 24.9 Å². The molecule has 1 amide bonds. The Hall–Kier alpha value is -3.49. The van der Waals surface area contributed by atoms with Crippen molar-refractivity contribution in [3.05, 3.63) is 59.9 Å². The molecule has 1 aromatic heterocycles. The van der Waals surface area contributed by atoms with Gasteiger partial charge in [0.1, 0.15) is 0 Å². The van der Waals surface area contributed by atoms with Gasteiger partial charge in [-0.25, -0.2) is 0 Å². The van der Waals surface area contributed by atoms with Crippen molar-refractivity contribution in [1.29, 1.82) is 0 Å². The van der Waals surface area contributed by atoms with Crippen molar-refractivity contribution in [3.8, 4) is 23.0 Å². The molecule has 2 heterocycles. The average molecular weight is 401 g/mol. The van der Waals surface area contributed by atoms with Gasteiger partial charge in [-0.1, -0.05) is 37.2 Å². The minimum absolute atomic E-state index is 0.0245. The summed E-state index contributed by atoms with van der Waals surface area (Å²) in [5.41, 5.74) is 0.902. The van der Waals surface area contributed by atoms with Crippen LogP contribution in [-0.2, 0) is 0 Å². The van der Waals surface area contributed by atoms with Gasteiger partial charge in [-0.15, -0.1) is 8.78 Å².